The predicted octanol–water partition coefficient (Wildman–Crippen LogP) is 3.51. The fourth-order valence-electron chi connectivity index (χ4n) is 2.03. The molecule has 1 aromatic carbocycles. The summed E-state index contributed by atoms with van der Waals surface area (Å²) in [6.45, 7) is 4.17. The highest BCUT2D eigenvalue weighted by Gasteiger charge is 2.17. The van der Waals surface area contributed by atoms with E-state index in [4.69, 9.17) is 14.3 Å². The van der Waals surface area contributed by atoms with Crippen LogP contribution in [-0.4, -0.2) is 23.5 Å². The van der Waals surface area contributed by atoms with Gasteiger partial charge in [0, 0.05) is 17.9 Å². The molecule has 0 aliphatic carbocycles. The highest BCUT2D eigenvalue weighted by Crippen LogP contribution is 2.29. The van der Waals surface area contributed by atoms with Gasteiger partial charge < -0.3 is 14.3 Å². The molecule has 106 valence electrons. The molecule has 0 bridgehead atoms. The highest BCUT2D eigenvalue weighted by molar-refractivity contribution is 6.03. The Hall–Kier alpha value is -2.30. The van der Waals surface area contributed by atoms with Gasteiger partial charge in [0.15, 0.2) is 5.78 Å². The van der Waals surface area contributed by atoms with Crippen molar-refractivity contribution in [3.8, 4) is 5.75 Å². The lowest BCUT2D eigenvalue weighted by Gasteiger charge is -2.09. The second-order valence-corrected chi connectivity index (χ2v) is 4.41. The van der Waals surface area contributed by atoms with Gasteiger partial charge in [-0.3, -0.25) is 4.79 Å². The molecule has 0 aliphatic rings. The van der Waals surface area contributed by atoms with Gasteiger partial charge in [-0.2, -0.15) is 0 Å². The van der Waals surface area contributed by atoms with Crippen molar-refractivity contribution in [2.75, 3.05) is 6.61 Å². The highest BCUT2D eigenvalue weighted by atomic mass is 16.5. The first-order valence-electron chi connectivity index (χ1n) is 6.53. The molecule has 0 unspecified atom stereocenters. The van der Waals surface area contributed by atoms with Gasteiger partial charge in [0.2, 0.25) is 5.76 Å². The number of rotatable bonds is 6. The van der Waals surface area contributed by atoms with E-state index < -0.39 is 5.97 Å². The Morgan fingerprint density at radius 2 is 2.00 bits per heavy atom. The first kappa shape index (κ1) is 14.1. The number of carbonyl (C=O) groups is 2. The van der Waals surface area contributed by atoms with Gasteiger partial charge in [0.1, 0.15) is 11.3 Å². The number of fused-ring (bicyclic) bond motifs is 1. The quantitative estimate of drug-likeness (QED) is 0.817. The van der Waals surface area contributed by atoms with Gasteiger partial charge in [0.25, 0.3) is 0 Å². The summed E-state index contributed by atoms with van der Waals surface area (Å²) in [5.74, 6) is -0.871. The Morgan fingerprint density at radius 1 is 1.25 bits per heavy atom. The maximum Gasteiger partial charge on any atom is 0.371 e. The summed E-state index contributed by atoms with van der Waals surface area (Å²) in [6, 6.07) is 4.62. The smallest absolute Gasteiger partial charge is 0.371 e. The molecule has 0 aliphatic heterocycles. The Morgan fingerprint density at radius 3 is 2.60 bits per heavy atom. The molecule has 5 heteroatoms. The van der Waals surface area contributed by atoms with E-state index in [1.807, 2.05) is 13.8 Å². The van der Waals surface area contributed by atoms with E-state index in [-0.39, 0.29) is 11.5 Å². The Balaban J connectivity index is 2.56. The third-order valence-corrected chi connectivity index (χ3v) is 2.91. The molecule has 0 atom stereocenters. The minimum atomic E-state index is -1.14. The molecular formula is C15H16O5. The summed E-state index contributed by atoms with van der Waals surface area (Å²) in [5.41, 5.74) is 0.873. The first-order valence-corrected chi connectivity index (χ1v) is 6.53. The van der Waals surface area contributed by atoms with E-state index in [0.29, 0.717) is 35.3 Å². The van der Waals surface area contributed by atoms with Crippen LogP contribution < -0.4 is 4.74 Å². The largest absolute Gasteiger partial charge is 0.493 e. The van der Waals surface area contributed by atoms with Gasteiger partial charge in [-0.1, -0.05) is 6.92 Å². The summed E-state index contributed by atoms with van der Waals surface area (Å²) in [7, 11) is 0. The molecule has 5 nitrogen and oxygen atoms in total. The van der Waals surface area contributed by atoms with Crippen LogP contribution in [0.4, 0.5) is 0 Å². The molecule has 0 spiro atoms. The zero-order valence-electron chi connectivity index (χ0n) is 11.4. The molecule has 0 saturated heterocycles. The van der Waals surface area contributed by atoms with Crippen molar-refractivity contribution in [3.05, 3.63) is 29.5 Å². The number of ketones is 1. The van der Waals surface area contributed by atoms with Crippen LogP contribution >= 0.6 is 0 Å². The number of ether oxygens (including phenoxy) is 1. The average Bonchev–Trinajstić information content (AvgIpc) is 2.81. The number of carbonyl (C=O) groups excluding carboxylic acids is 1. The molecule has 0 radical (unpaired) electrons. The average molecular weight is 276 g/mol. The minimum absolute atomic E-state index is 0.0177. The van der Waals surface area contributed by atoms with Crippen LogP contribution in [0.5, 0.6) is 5.75 Å². The molecule has 0 fully saturated rings. The number of carboxylic acid groups (broad SMARTS) is 1. The maximum atomic E-state index is 12.1. The number of aromatic carboxylic acids is 1. The van der Waals surface area contributed by atoms with Gasteiger partial charge in [0.05, 0.1) is 12.2 Å². The zero-order valence-corrected chi connectivity index (χ0v) is 11.4. The van der Waals surface area contributed by atoms with E-state index >= 15 is 0 Å². The fraction of sp³-hybridized carbons (Fsp3) is 0.333. The first-order chi connectivity index (χ1) is 9.56. The summed E-state index contributed by atoms with van der Waals surface area (Å²) < 4.78 is 10.7. The normalized spacial score (nSPS) is 10.7. The van der Waals surface area contributed by atoms with E-state index in [9.17, 15) is 9.59 Å². The van der Waals surface area contributed by atoms with E-state index in [0.717, 1.165) is 6.42 Å². The Labute approximate surface area is 116 Å². The SMILES string of the molecule is CCCC(=O)c1cc2cc(C(=O)O)oc2cc1OCC. The predicted molar refractivity (Wildman–Crippen MR) is 73.6 cm³/mol. The molecular weight excluding hydrogens is 260 g/mol. The van der Waals surface area contributed by atoms with Crippen molar-refractivity contribution >= 4 is 22.7 Å². The van der Waals surface area contributed by atoms with Crippen LogP contribution in [0.1, 0.15) is 47.6 Å². The van der Waals surface area contributed by atoms with Crippen molar-refractivity contribution in [3.63, 3.8) is 0 Å². The summed E-state index contributed by atoms with van der Waals surface area (Å²) in [4.78, 5) is 23.0. The third kappa shape index (κ3) is 2.66. The van der Waals surface area contributed by atoms with Gasteiger partial charge >= 0.3 is 5.97 Å². The Bertz CT molecular complexity index is 654. The van der Waals surface area contributed by atoms with Crippen molar-refractivity contribution in [1.29, 1.82) is 0 Å². The van der Waals surface area contributed by atoms with Gasteiger partial charge in [-0.15, -0.1) is 0 Å². The van der Waals surface area contributed by atoms with Crippen molar-refractivity contribution in [1.82, 2.24) is 0 Å². The molecule has 0 saturated carbocycles. The monoisotopic (exact) mass is 276 g/mol. The summed E-state index contributed by atoms with van der Waals surface area (Å²) >= 11 is 0. The molecule has 1 N–H and O–H groups in total. The summed E-state index contributed by atoms with van der Waals surface area (Å²) in [5, 5.41) is 9.52. The zero-order chi connectivity index (χ0) is 14.7. The topological polar surface area (TPSA) is 76.7 Å². The number of furan rings is 1. The van der Waals surface area contributed by atoms with Gasteiger partial charge in [-0.05, 0) is 25.5 Å². The lowest BCUT2D eigenvalue weighted by Crippen LogP contribution is -2.03. The van der Waals surface area contributed by atoms with E-state index in [1.54, 1.807) is 12.1 Å². The standard InChI is InChI=1S/C15H16O5/c1-3-5-11(16)10-6-9-7-14(15(17)18)20-12(9)8-13(10)19-4-2/h6-8H,3-5H2,1-2H3,(H,17,18). The van der Waals surface area contributed by atoms with Crippen LogP contribution in [0.25, 0.3) is 11.0 Å². The third-order valence-electron chi connectivity index (χ3n) is 2.91. The number of hydrogen-bond acceptors (Lipinski definition) is 4. The van der Waals surface area contributed by atoms with Crippen LogP contribution in [0, 0.1) is 0 Å². The Kier molecular flexibility index (Phi) is 4.08. The van der Waals surface area contributed by atoms with Crippen LogP contribution in [-0.2, 0) is 0 Å². The maximum absolute atomic E-state index is 12.1. The molecule has 1 aromatic heterocycles. The van der Waals surface area contributed by atoms with Crippen LogP contribution in [0.2, 0.25) is 0 Å². The number of benzene rings is 1. The second kappa shape index (κ2) is 5.77. The lowest BCUT2D eigenvalue weighted by molar-refractivity contribution is 0.0664. The lowest BCUT2D eigenvalue weighted by atomic mass is 10.0. The van der Waals surface area contributed by atoms with E-state index in [2.05, 4.69) is 0 Å². The summed E-state index contributed by atoms with van der Waals surface area (Å²) in [6.07, 6.45) is 1.17. The van der Waals surface area contributed by atoms with E-state index in [1.165, 1.54) is 6.07 Å². The van der Waals surface area contributed by atoms with Crippen LogP contribution in [0.15, 0.2) is 22.6 Å². The van der Waals surface area contributed by atoms with Crippen molar-refractivity contribution in [2.24, 2.45) is 0 Å². The number of carboxylic acids is 1. The molecule has 2 rings (SSSR count). The second-order valence-electron chi connectivity index (χ2n) is 4.41. The fourth-order valence-corrected chi connectivity index (χ4v) is 2.03. The van der Waals surface area contributed by atoms with Gasteiger partial charge in [-0.25, -0.2) is 4.79 Å². The minimum Gasteiger partial charge on any atom is -0.493 e. The van der Waals surface area contributed by atoms with Crippen molar-refractivity contribution < 1.29 is 23.8 Å². The number of hydrogen-bond donors (Lipinski definition) is 1. The number of Topliss-reactive ketones (excluding diaryl/α,β-unsaturated/α-hetero) is 1. The van der Waals surface area contributed by atoms with Crippen molar-refractivity contribution in [2.45, 2.75) is 26.7 Å². The van der Waals surface area contributed by atoms with Crippen LogP contribution in [0.3, 0.4) is 0 Å². The molecule has 2 aromatic rings. The molecule has 1 heterocycles. The molecule has 0 amide bonds. The molecule has 20 heavy (non-hydrogen) atoms.